The molecule has 1 aliphatic rings. The molecule has 1 rings (SSSR count). The summed E-state index contributed by atoms with van der Waals surface area (Å²) in [5, 5.41) is 13.4. The Bertz CT molecular complexity index is 517. The van der Waals surface area contributed by atoms with Crippen LogP contribution in [0.4, 0.5) is 4.79 Å². The lowest BCUT2D eigenvalue weighted by atomic mass is 10.2. The SMILES string of the molecule is COC(=O)C[C@H](NC(=O)NC1CCCS(=O)(=O)C1)C(=O)O. The second-order valence-electron chi connectivity index (χ2n) is 4.74. The zero-order chi connectivity index (χ0) is 16.0. The van der Waals surface area contributed by atoms with Gasteiger partial charge in [0.05, 0.1) is 25.0 Å². The van der Waals surface area contributed by atoms with E-state index in [1.54, 1.807) is 0 Å². The Balaban J connectivity index is 2.54. The fourth-order valence-electron chi connectivity index (χ4n) is 1.97. The van der Waals surface area contributed by atoms with Crippen LogP contribution in [0.2, 0.25) is 0 Å². The summed E-state index contributed by atoms with van der Waals surface area (Å²) < 4.78 is 27.2. The van der Waals surface area contributed by atoms with E-state index in [0.717, 1.165) is 7.11 Å². The van der Waals surface area contributed by atoms with Gasteiger partial charge in [-0.1, -0.05) is 0 Å². The summed E-state index contributed by atoms with van der Waals surface area (Å²) in [5.41, 5.74) is 0. The van der Waals surface area contributed by atoms with Crippen molar-refractivity contribution >= 4 is 27.8 Å². The van der Waals surface area contributed by atoms with E-state index in [1.807, 2.05) is 0 Å². The average molecular weight is 322 g/mol. The van der Waals surface area contributed by atoms with E-state index in [-0.39, 0.29) is 11.5 Å². The summed E-state index contributed by atoms with van der Waals surface area (Å²) in [6.07, 6.45) is 0.432. The van der Waals surface area contributed by atoms with Crippen molar-refractivity contribution in [1.82, 2.24) is 10.6 Å². The summed E-state index contributed by atoms with van der Waals surface area (Å²) in [5.74, 6) is -2.24. The van der Waals surface area contributed by atoms with Crippen molar-refractivity contribution in [2.24, 2.45) is 0 Å². The molecule has 10 heteroatoms. The average Bonchev–Trinajstić information content (AvgIpc) is 2.36. The van der Waals surface area contributed by atoms with E-state index >= 15 is 0 Å². The number of hydrogen-bond acceptors (Lipinski definition) is 6. The van der Waals surface area contributed by atoms with Crippen LogP contribution in [0.3, 0.4) is 0 Å². The predicted molar refractivity (Wildman–Crippen MR) is 71.4 cm³/mol. The summed E-state index contributed by atoms with van der Waals surface area (Å²) >= 11 is 0. The predicted octanol–water partition coefficient (Wildman–Crippen LogP) is -1.12. The van der Waals surface area contributed by atoms with Crippen LogP contribution in [0.15, 0.2) is 0 Å². The fourth-order valence-corrected chi connectivity index (χ4v) is 3.61. The molecule has 9 nitrogen and oxygen atoms in total. The van der Waals surface area contributed by atoms with Crippen LogP contribution < -0.4 is 10.6 Å². The number of nitrogens with one attached hydrogen (secondary N) is 2. The molecule has 0 saturated carbocycles. The number of sulfone groups is 1. The van der Waals surface area contributed by atoms with Gasteiger partial charge in [0.15, 0.2) is 9.84 Å². The van der Waals surface area contributed by atoms with Gasteiger partial charge in [-0.15, -0.1) is 0 Å². The fraction of sp³-hybridized carbons (Fsp3) is 0.727. The van der Waals surface area contributed by atoms with Gasteiger partial charge in [0, 0.05) is 6.04 Å². The maximum atomic E-state index is 11.7. The van der Waals surface area contributed by atoms with Crippen molar-refractivity contribution in [2.75, 3.05) is 18.6 Å². The van der Waals surface area contributed by atoms with Crippen molar-refractivity contribution < 1.29 is 32.6 Å². The molecule has 1 unspecified atom stereocenters. The molecule has 2 amide bonds. The second kappa shape index (κ2) is 7.25. The maximum Gasteiger partial charge on any atom is 0.326 e. The Labute approximate surface area is 122 Å². The van der Waals surface area contributed by atoms with E-state index in [4.69, 9.17) is 5.11 Å². The molecule has 1 saturated heterocycles. The number of amides is 2. The first-order chi connectivity index (χ1) is 9.73. The van der Waals surface area contributed by atoms with Gasteiger partial charge < -0.3 is 20.5 Å². The van der Waals surface area contributed by atoms with Crippen molar-refractivity contribution in [3.63, 3.8) is 0 Å². The van der Waals surface area contributed by atoms with Crippen molar-refractivity contribution in [2.45, 2.75) is 31.3 Å². The van der Waals surface area contributed by atoms with Gasteiger partial charge in [0.1, 0.15) is 6.04 Å². The summed E-state index contributed by atoms with van der Waals surface area (Å²) in [4.78, 5) is 33.7. The van der Waals surface area contributed by atoms with Crippen LogP contribution in [0.1, 0.15) is 19.3 Å². The molecular weight excluding hydrogens is 304 g/mol. The first kappa shape index (κ1) is 17.2. The van der Waals surface area contributed by atoms with Crippen LogP contribution in [0.5, 0.6) is 0 Å². The Morgan fingerprint density at radius 3 is 2.57 bits per heavy atom. The molecule has 0 radical (unpaired) electrons. The highest BCUT2D eigenvalue weighted by atomic mass is 32.2. The highest BCUT2D eigenvalue weighted by molar-refractivity contribution is 7.91. The van der Waals surface area contributed by atoms with Gasteiger partial charge in [0.25, 0.3) is 0 Å². The highest BCUT2D eigenvalue weighted by Gasteiger charge is 2.28. The maximum absolute atomic E-state index is 11.7. The summed E-state index contributed by atoms with van der Waals surface area (Å²) in [7, 11) is -2.07. The molecule has 2 atom stereocenters. The van der Waals surface area contributed by atoms with Crippen LogP contribution in [-0.2, 0) is 24.2 Å². The van der Waals surface area contributed by atoms with E-state index in [0.29, 0.717) is 12.8 Å². The number of urea groups is 1. The standard InChI is InChI=1S/C11H18N2O7S/c1-20-9(14)5-8(10(15)16)13-11(17)12-7-3-2-4-21(18,19)6-7/h7-8H,2-6H2,1H3,(H,15,16)(H2,12,13,17)/t7?,8-/m0/s1. The smallest absolute Gasteiger partial charge is 0.326 e. The molecule has 0 aliphatic carbocycles. The molecule has 1 aliphatic heterocycles. The van der Waals surface area contributed by atoms with Crippen molar-refractivity contribution in [3.8, 4) is 0 Å². The second-order valence-corrected chi connectivity index (χ2v) is 6.97. The Morgan fingerprint density at radius 2 is 2.05 bits per heavy atom. The quantitative estimate of drug-likeness (QED) is 0.545. The molecule has 120 valence electrons. The molecule has 1 fully saturated rings. The van der Waals surface area contributed by atoms with E-state index in [9.17, 15) is 22.8 Å². The minimum Gasteiger partial charge on any atom is -0.480 e. The third kappa shape index (κ3) is 5.98. The largest absolute Gasteiger partial charge is 0.480 e. The van der Waals surface area contributed by atoms with Gasteiger partial charge >= 0.3 is 18.0 Å². The Kier molecular flexibility index (Phi) is 5.94. The van der Waals surface area contributed by atoms with Crippen molar-refractivity contribution in [1.29, 1.82) is 0 Å². The highest BCUT2D eigenvalue weighted by Crippen LogP contribution is 2.11. The van der Waals surface area contributed by atoms with Crippen molar-refractivity contribution in [3.05, 3.63) is 0 Å². The zero-order valence-corrected chi connectivity index (χ0v) is 12.3. The number of carbonyl (C=O) groups is 3. The molecular formula is C11H18N2O7S. The van der Waals surface area contributed by atoms with Gasteiger partial charge in [-0.3, -0.25) is 4.79 Å². The van der Waals surface area contributed by atoms with Gasteiger partial charge in [-0.25, -0.2) is 18.0 Å². The molecule has 0 aromatic rings. The number of aliphatic carboxylic acids is 1. The first-order valence-electron chi connectivity index (χ1n) is 6.30. The Hall–Kier alpha value is -1.84. The summed E-state index contributed by atoms with van der Waals surface area (Å²) in [6, 6.07) is -2.82. The van der Waals surface area contributed by atoms with Crippen LogP contribution >= 0.6 is 0 Å². The van der Waals surface area contributed by atoms with Crippen LogP contribution in [0.25, 0.3) is 0 Å². The Morgan fingerprint density at radius 1 is 1.38 bits per heavy atom. The third-order valence-electron chi connectivity index (χ3n) is 3.00. The van der Waals surface area contributed by atoms with E-state index < -0.39 is 46.3 Å². The number of carboxylic acids is 1. The van der Waals surface area contributed by atoms with Gasteiger partial charge in [-0.2, -0.15) is 0 Å². The lowest BCUT2D eigenvalue weighted by Crippen LogP contribution is -2.52. The molecule has 21 heavy (non-hydrogen) atoms. The number of rotatable bonds is 5. The zero-order valence-electron chi connectivity index (χ0n) is 11.5. The molecule has 0 aromatic carbocycles. The molecule has 0 bridgehead atoms. The third-order valence-corrected chi connectivity index (χ3v) is 4.82. The molecule has 0 spiro atoms. The summed E-state index contributed by atoms with van der Waals surface area (Å²) in [6.45, 7) is 0. The number of carboxylic acid groups (broad SMARTS) is 1. The minimum atomic E-state index is -3.18. The number of esters is 1. The minimum absolute atomic E-state index is 0.0902. The number of methoxy groups -OCH3 is 1. The van der Waals surface area contributed by atoms with E-state index in [1.165, 1.54) is 0 Å². The van der Waals surface area contributed by atoms with Gasteiger partial charge in [0.2, 0.25) is 0 Å². The molecule has 1 heterocycles. The number of carbonyl (C=O) groups excluding carboxylic acids is 2. The van der Waals surface area contributed by atoms with E-state index in [2.05, 4.69) is 15.4 Å². The van der Waals surface area contributed by atoms with Crippen LogP contribution in [-0.4, -0.2) is 62.2 Å². The normalized spacial score (nSPS) is 21.9. The van der Waals surface area contributed by atoms with Crippen LogP contribution in [0, 0.1) is 0 Å². The topological polar surface area (TPSA) is 139 Å². The first-order valence-corrected chi connectivity index (χ1v) is 8.12. The number of ether oxygens (including phenoxy) is 1. The molecule has 0 aromatic heterocycles. The molecule has 3 N–H and O–H groups in total. The number of hydrogen-bond donors (Lipinski definition) is 3. The van der Waals surface area contributed by atoms with Gasteiger partial charge in [-0.05, 0) is 12.8 Å². The lowest BCUT2D eigenvalue weighted by Gasteiger charge is -2.24. The lowest BCUT2D eigenvalue weighted by molar-refractivity contribution is -0.147. The monoisotopic (exact) mass is 322 g/mol.